The highest BCUT2D eigenvalue weighted by Gasteiger charge is 2.28. The maximum Gasteiger partial charge on any atom is 0.260 e. The van der Waals surface area contributed by atoms with E-state index in [-0.39, 0.29) is 30.5 Å². The first-order valence-electron chi connectivity index (χ1n) is 11.9. The van der Waals surface area contributed by atoms with Crippen LogP contribution in [-0.2, 0) is 17.9 Å². The summed E-state index contributed by atoms with van der Waals surface area (Å²) < 4.78 is 7.71. The van der Waals surface area contributed by atoms with Crippen LogP contribution in [0.2, 0.25) is 0 Å². The molecule has 0 spiro atoms. The molecule has 0 radical (unpaired) electrons. The van der Waals surface area contributed by atoms with E-state index in [2.05, 4.69) is 36.3 Å². The van der Waals surface area contributed by atoms with Gasteiger partial charge in [0.05, 0.1) is 6.33 Å². The van der Waals surface area contributed by atoms with Crippen LogP contribution in [0.3, 0.4) is 0 Å². The van der Waals surface area contributed by atoms with Crippen molar-refractivity contribution in [3.8, 4) is 5.75 Å². The van der Waals surface area contributed by atoms with E-state index in [1.807, 2.05) is 27.8 Å². The van der Waals surface area contributed by atoms with Gasteiger partial charge in [0.25, 0.3) is 11.8 Å². The Hall–Kier alpha value is -3.61. The fourth-order valence-electron chi connectivity index (χ4n) is 4.55. The van der Waals surface area contributed by atoms with Crippen LogP contribution < -0.4 is 10.1 Å². The second-order valence-corrected chi connectivity index (χ2v) is 8.98. The molecule has 3 aromatic rings. The molecule has 0 aliphatic carbocycles. The van der Waals surface area contributed by atoms with Crippen molar-refractivity contribution >= 4 is 11.8 Å². The molecule has 2 unspecified atom stereocenters. The maximum absolute atomic E-state index is 12.6. The van der Waals surface area contributed by atoms with Crippen molar-refractivity contribution in [3.05, 3.63) is 83.9 Å². The van der Waals surface area contributed by atoms with Crippen LogP contribution in [0, 0.1) is 0 Å². The number of carbonyl (C=O) groups is 2. The predicted molar refractivity (Wildman–Crippen MR) is 130 cm³/mol. The molecule has 1 aromatic heterocycles. The molecular formula is C27H32N4O3. The van der Waals surface area contributed by atoms with Crippen LogP contribution in [0.5, 0.6) is 5.75 Å². The van der Waals surface area contributed by atoms with Crippen LogP contribution in [0.4, 0.5) is 0 Å². The molecule has 7 nitrogen and oxygen atoms in total. The molecule has 4 rings (SSSR count). The van der Waals surface area contributed by atoms with Crippen molar-refractivity contribution < 1.29 is 14.3 Å². The zero-order valence-corrected chi connectivity index (χ0v) is 19.8. The summed E-state index contributed by atoms with van der Waals surface area (Å²) in [6.07, 6.45) is 8.70. The average molecular weight is 461 g/mol. The Morgan fingerprint density at radius 1 is 1.06 bits per heavy atom. The van der Waals surface area contributed by atoms with Gasteiger partial charge in [-0.05, 0) is 68.5 Å². The van der Waals surface area contributed by atoms with Gasteiger partial charge in [0, 0.05) is 43.1 Å². The first-order valence-corrected chi connectivity index (χ1v) is 11.9. The van der Waals surface area contributed by atoms with Gasteiger partial charge in [0.15, 0.2) is 6.61 Å². The molecule has 178 valence electrons. The monoisotopic (exact) mass is 460 g/mol. The summed E-state index contributed by atoms with van der Waals surface area (Å²) in [5.74, 6) is 0.435. The number of imidazole rings is 1. The molecule has 1 aliphatic heterocycles. The highest BCUT2D eigenvalue weighted by molar-refractivity contribution is 5.94. The van der Waals surface area contributed by atoms with Crippen molar-refractivity contribution in [1.29, 1.82) is 0 Å². The summed E-state index contributed by atoms with van der Waals surface area (Å²) >= 11 is 0. The van der Waals surface area contributed by atoms with E-state index in [1.54, 1.807) is 36.8 Å². The molecule has 2 atom stereocenters. The second kappa shape index (κ2) is 11.0. The minimum Gasteiger partial charge on any atom is -0.484 e. The minimum absolute atomic E-state index is 0.00956. The lowest BCUT2D eigenvalue weighted by atomic mass is 9.97. The first kappa shape index (κ1) is 23.5. The van der Waals surface area contributed by atoms with Gasteiger partial charge >= 0.3 is 0 Å². The number of hydrogen-bond acceptors (Lipinski definition) is 4. The fraction of sp³-hybridized carbons (Fsp3) is 0.370. The number of benzene rings is 2. The van der Waals surface area contributed by atoms with E-state index >= 15 is 0 Å². The van der Waals surface area contributed by atoms with Gasteiger partial charge in [0.1, 0.15) is 5.75 Å². The second-order valence-electron chi connectivity index (χ2n) is 8.98. The number of piperidine rings is 1. The molecule has 0 saturated carbocycles. The van der Waals surface area contributed by atoms with Crippen LogP contribution in [0.15, 0.2) is 67.3 Å². The number of nitrogens with one attached hydrogen (secondary N) is 1. The van der Waals surface area contributed by atoms with E-state index in [4.69, 9.17) is 4.74 Å². The van der Waals surface area contributed by atoms with Crippen LogP contribution in [0.25, 0.3) is 0 Å². The van der Waals surface area contributed by atoms with Crippen molar-refractivity contribution in [2.24, 2.45) is 0 Å². The Kier molecular flexibility index (Phi) is 7.62. The minimum atomic E-state index is -0.154. The third-order valence-electron chi connectivity index (χ3n) is 6.33. The van der Waals surface area contributed by atoms with E-state index < -0.39 is 0 Å². The molecule has 1 aliphatic rings. The van der Waals surface area contributed by atoms with Crippen LogP contribution in [0.1, 0.15) is 54.6 Å². The largest absolute Gasteiger partial charge is 0.484 e. The van der Waals surface area contributed by atoms with Gasteiger partial charge in [-0.15, -0.1) is 0 Å². The highest BCUT2D eigenvalue weighted by Crippen LogP contribution is 2.23. The molecular weight excluding hydrogens is 428 g/mol. The van der Waals surface area contributed by atoms with Gasteiger partial charge in [0.2, 0.25) is 0 Å². The Morgan fingerprint density at radius 2 is 1.79 bits per heavy atom. The predicted octanol–water partition coefficient (Wildman–Crippen LogP) is 4.03. The number of likely N-dealkylation sites (tertiary alicyclic amines) is 1. The Bertz CT molecular complexity index is 1090. The van der Waals surface area contributed by atoms with E-state index in [9.17, 15) is 9.59 Å². The lowest BCUT2D eigenvalue weighted by molar-refractivity contribution is -0.139. The van der Waals surface area contributed by atoms with Crippen molar-refractivity contribution in [1.82, 2.24) is 19.8 Å². The first-order chi connectivity index (χ1) is 16.5. The van der Waals surface area contributed by atoms with Gasteiger partial charge in [-0.2, -0.15) is 0 Å². The zero-order chi connectivity index (χ0) is 23.9. The number of rotatable bonds is 8. The number of nitrogens with zero attached hydrogens (tertiary/aromatic N) is 3. The summed E-state index contributed by atoms with van der Waals surface area (Å²) in [5, 5.41) is 2.96. The van der Waals surface area contributed by atoms with E-state index in [1.165, 1.54) is 0 Å². The Balaban J connectivity index is 1.26. The fourth-order valence-corrected chi connectivity index (χ4v) is 4.55. The molecule has 2 aromatic carbocycles. The molecule has 34 heavy (non-hydrogen) atoms. The topological polar surface area (TPSA) is 76.5 Å². The van der Waals surface area contributed by atoms with E-state index in [0.717, 1.165) is 36.9 Å². The van der Waals surface area contributed by atoms with Gasteiger partial charge < -0.3 is 19.5 Å². The van der Waals surface area contributed by atoms with E-state index in [0.29, 0.717) is 17.9 Å². The summed E-state index contributed by atoms with van der Waals surface area (Å²) in [6.45, 7) is 5.38. The SMILES string of the molecule is CC1CCCC(C)N1C(=O)COc1ccc(C(=O)NCc2cccc(Cn3ccnc3)c2)cc1. The molecule has 7 heteroatoms. The number of amides is 2. The number of hydrogen-bond donors (Lipinski definition) is 1. The summed E-state index contributed by atoms with van der Waals surface area (Å²) in [4.78, 5) is 31.2. The lowest BCUT2D eigenvalue weighted by Gasteiger charge is -2.38. The maximum atomic E-state index is 12.6. The highest BCUT2D eigenvalue weighted by atomic mass is 16.5. The van der Waals surface area contributed by atoms with Crippen molar-refractivity contribution in [3.63, 3.8) is 0 Å². The Labute approximate surface area is 200 Å². The van der Waals surface area contributed by atoms with Crippen molar-refractivity contribution in [2.45, 2.75) is 58.3 Å². The van der Waals surface area contributed by atoms with Crippen LogP contribution >= 0.6 is 0 Å². The van der Waals surface area contributed by atoms with Gasteiger partial charge in [-0.3, -0.25) is 9.59 Å². The smallest absolute Gasteiger partial charge is 0.260 e. The molecule has 1 N–H and O–H groups in total. The summed E-state index contributed by atoms with van der Waals surface area (Å²) in [5.41, 5.74) is 2.73. The van der Waals surface area contributed by atoms with Crippen molar-refractivity contribution in [2.75, 3.05) is 6.61 Å². The Morgan fingerprint density at radius 3 is 2.50 bits per heavy atom. The normalized spacial score (nSPS) is 17.9. The van der Waals surface area contributed by atoms with Gasteiger partial charge in [-0.25, -0.2) is 4.98 Å². The number of aromatic nitrogens is 2. The summed E-state index contributed by atoms with van der Waals surface area (Å²) in [6, 6.07) is 15.5. The molecule has 2 amide bonds. The van der Waals surface area contributed by atoms with Gasteiger partial charge in [-0.1, -0.05) is 24.3 Å². The third-order valence-corrected chi connectivity index (χ3v) is 6.33. The molecule has 2 heterocycles. The number of carbonyl (C=O) groups excluding carboxylic acids is 2. The molecule has 0 bridgehead atoms. The summed E-state index contributed by atoms with van der Waals surface area (Å²) in [7, 11) is 0. The third kappa shape index (κ3) is 6.04. The quantitative estimate of drug-likeness (QED) is 0.551. The standard InChI is InChI=1S/C27H32N4O3/c1-20-5-3-6-21(2)31(20)26(32)18-34-25-11-9-24(10-12-25)27(33)29-16-22-7-4-8-23(15-22)17-30-14-13-28-19-30/h4,7-15,19-21H,3,5-6,16-18H2,1-2H3,(H,29,33). The van der Waals surface area contributed by atoms with Crippen LogP contribution in [-0.4, -0.2) is 45.0 Å². The lowest BCUT2D eigenvalue weighted by Crippen LogP contribution is -2.49. The molecule has 1 fully saturated rings. The average Bonchev–Trinajstić information content (AvgIpc) is 3.35. The zero-order valence-electron chi connectivity index (χ0n) is 19.8. The molecule has 1 saturated heterocycles. The number of ether oxygens (including phenoxy) is 1.